The minimum Gasteiger partial charge on any atom is -0.321 e. The van der Waals surface area contributed by atoms with E-state index in [9.17, 15) is 0 Å². The zero-order chi connectivity index (χ0) is 14.5. The van der Waals surface area contributed by atoms with Crippen LogP contribution in [0.1, 0.15) is 49.7 Å². The van der Waals surface area contributed by atoms with Crippen LogP contribution in [-0.4, -0.2) is 31.1 Å². The first-order chi connectivity index (χ1) is 10.3. The quantitative estimate of drug-likeness (QED) is 0.824. The van der Waals surface area contributed by atoms with Crippen molar-refractivity contribution in [2.75, 3.05) is 6.54 Å². The average Bonchev–Trinajstić information content (AvgIpc) is 3.14. The standard InChI is InChI=1S/C15H24N6/c1-20-12-17-18-15(20)7-9-16-11-13-8-10-21(19-13)14-5-3-2-4-6-14/h8,10,12,14,16H,2-7,9,11H2,1H3. The van der Waals surface area contributed by atoms with E-state index in [1.807, 2.05) is 11.6 Å². The van der Waals surface area contributed by atoms with E-state index in [1.165, 1.54) is 32.1 Å². The van der Waals surface area contributed by atoms with Crippen LogP contribution in [0.2, 0.25) is 0 Å². The van der Waals surface area contributed by atoms with Crippen LogP contribution in [0.4, 0.5) is 0 Å². The Balaban J connectivity index is 1.43. The molecule has 21 heavy (non-hydrogen) atoms. The van der Waals surface area contributed by atoms with Crippen molar-refractivity contribution in [1.82, 2.24) is 29.9 Å². The molecule has 0 aromatic carbocycles. The summed E-state index contributed by atoms with van der Waals surface area (Å²) in [5, 5.41) is 16.1. The van der Waals surface area contributed by atoms with E-state index < -0.39 is 0 Å². The molecule has 1 aliphatic rings. The normalized spacial score (nSPS) is 16.4. The van der Waals surface area contributed by atoms with Gasteiger partial charge in [-0.25, -0.2) is 0 Å². The van der Waals surface area contributed by atoms with Crippen molar-refractivity contribution in [3.8, 4) is 0 Å². The summed E-state index contributed by atoms with van der Waals surface area (Å²) in [6.45, 7) is 1.71. The lowest BCUT2D eigenvalue weighted by Gasteiger charge is -2.21. The summed E-state index contributed by atoms with van der Waals surface area (Å²) in [5.41, 5.74) is 1.12. The van der Waals surface area contributed by atoms with Crippen molar-refractivity contribution in [2.45, 2.75) is 51.1 Å². The number of hydrogen-bond donors (Lipinski definition) is 1. The van der Waals surface area contributed by atoms with Crippen molar-refractivity contribution in [3.63, 3.8) is 0 Å². The van der Waals surface area contributed by atoms with Gasteiger partial charge in [0.25, 0.3) is 0 Å². The molecule has 1 N–H and O–H groups in total. The number of nitrogens with one attached hydrogen (secondary N) is 1. The van der Waals surface area contributed by atoms with Gasteiger partial charge in [0.2, 0.25) is 0 Å². The Morgan fingerprint density at radius 3 is 2.90 bits per heavy atom. The highest BCUT2D eigenvalue weighted by molar-refractivity contribution is 5.00. The highest BCUT2D eigenvalue weighted by Crippen LogP contribution is 2.27. The Hall–Kier alpha value is -1.69. The first-order valence-electron chi connectivity index (χ1n) is 7.90. The van der Waals surface area contributed by atoms with Crippen LogP contribution in [0.5, 0.6) is 0 Å². The summed E-state index contributed by atoms with van der Waals surface area (Å²) in [6.07, 6.45) is 11.4. The van der Waals surface area contributed by atoms with Gasteiger partial charge in [-0.1, -0.05) is 19.3 Å². The number of aromatic nitrogens is 5. The number of rotatable bonds is 6. The van der Waals surface area contributed by atoms with E-state index in [-0.39, 0.29) is 0 Å². The Kier molecular flexibility index (Phi) is 4.65. The Bertz CT molecular complexity index is 552. The molecule has 6 nitrogen and oxygen atoms in total. The Labute approximate surface area is 125 Å². The van der Waals surface area contributed by atoms with Crippen LogP contribution < -0.4 is 5.32 Å². The largest absolute Gasteiger partial charge is 0.321 e. The summed E-state index contributed by atoms with van der Waals surface area (Å²) in [6, 6.07) is 2.75. The van der Waals surface area contributed by atoms with E-state index in [0.717, 1.165) is 31.0 Å². The van der Waals surface area contributed by atoms with Crippen molar-refractivity contribution in [1.29, 1.82) is 0 Å². The number of hydrogen-bond acceptors (Lipinski definition) is 4. The molecule has 1 aliphatic carbocycles. The molecule has 0 bridgehead atoms. The summed E-state index contributed by atoms with van der Waals surface area (Å²) in [7, 11) is 1.97. The molecule has 0 spiro atoms. The average molecular weight is 288 g/mol. The van der Waals surface area contributed by atoms with Gasteiger partial charge < -0.3 is 9.88 Å². The second-order valence-electron chi connectivity index (χ2n) is 5.86. The monoisotopic (exact) mass is 288 g/mol. The molecule has 2 heterocycles. The van der Waals surface area contributed by atoms with Gasteiger partial charge >= 0.3 is 0 Å². The fourth-order valence-corrected chi connectivity index (χ4v) is 2.97. The molecular formula is C15H24N6. The van der Waals surface area contributed by atoms with Crippen LogP contribution in [-0.2, 0) is 20.0 Å². The predicted octanol–water partition coefficient (Wildman–Crippen LogP) is 1.85. The first kappa shape index (κ1) is 14.3. The third kappa shape index (κ3) is 3.69. The summed E-state index contributed by atoms with van der Waals surface area (Å²) < 4.78 is 4.12. The maximum absolute atomic E-state index is 4.71. The molecule has 0 aliphatic heterocycles. The number of aryl methyl sites for hydroxylation is 1. The smallest absolute Gasteiger partial charge is 0.133 e. The molecule has 2 aromatic rings. The highest BCUT2D eigenvalue weighted by atomic mass is 15.3. The topological polar surface area (TPSA) is 60.6 Å². The van der Waals surface area contributed by atoms with Crippen LogP contribution in [0.15, 0.2) is 18.6 Å². The predicted molar refractivity (Wildman–Crippen MR) is 80.8 cm³/mol. The van der Waals surface area contributed by atoms with Crippen LogP contribution in [0.3, 0.4) is 0 Å². The minimum atomic E-state index is 0.617. The Morgan fingerprint density at radius 1 is 1.29 bits per heavy atom. The van der Waals surface area contributed by atoms with Gasteiger partial charge in [0.05, 0.1) is 11.7 Å². The maximum Gasteiger partial charge on any atom is 0.133 e. The second-order valence-corrected chi connectivity index (χ2v) is 5.86. The molecule has 0 amide bonds. The first-order valence-corrected chi connectivity index (χ1v) is 7.90. The van der Waals surface area contributed by atoms with Gasteiger partial charge in [0.15, 0.2) is 0 Å². The molecule has 3 rings (SSSR count). The van der Waals surface area contributed by atoms with Crippen molar-refractivity contribution in [3.05, 3.63) is 30.1 Å². The zero-order valence-electron chi connectivity index (χ0n) is 12.7. The van der Waals surface area contributed by atoms with E-state index in [1.54, 1.807) is 6.33 Å². The molecule has 0 saturated heterocycles. The zero-order valence-corrected chi connectivity index (χ0v) is 12.7. The van der Waals surface area contributed by atoms with Gasteiger partial charge in [-0.2, -0.15) is 5.10 Å². The van der Waals surface area contributed by atoms with E-state index in [2.05, 4.69) is 32.5 Å². The SMILES string of the molecule is Cn1cnnc1CCNCc1ccn(C2CCCCC2)n1. The lowest BCUT2D eigenvalue weighted by Crippen LogP contribution is -2.19. The highest BCUT2D eigenvalue weighted by Gasteiger charge is 2.15. The van der Waals surface area contributed by atoms with Crippen molar-refractivity contribution in [2.24, 2.45) is 7.05 Å². The molecule has 2 aromatic heterocycles. The van der Waals surface area contributed by atoms with Crippen LogP contribution in [0, 0.1) is 0 Å². The number of nitrogens with zero attached hydrogens (tertiary/aromatic N) is 5. The van der Waals surface area contributed by atoms with Crippen molar-refractivity contribution >= 4 is 0 Å². The second kappa shape index (κ2) is 6.85. The van der Waals surface area contributed by atoms with Gasteiger partial charge in [0, 0.05) is 32.8 Å². The van der Waals surface area contributed by atoms with Gasteiger partial charge in [-0.05, 0) is 18.9 Å². The van der Waals surface area contributed by atoms with Crippen LogP contribution in [0.25, 0.3) is 0 Å². The lowest BCUT2D eigenvalue weighted by molar-refractivity contribution is 0.327. The third-order valence-corrected chi connectivity index (χ3v) is 4.25. The van der Waals surface area contributed by atoms with Gasteiger partial charge in [0.1, 0.15) is 12.2 Å². The fourth-order valence-electron chi connectivity index (χ4n) is 2.97. The summed E-state index contributed by atoms with van der Waals surface area (Å²) in [5.74, 6) is 1.01. The fraction of sp³-hybridized carbons (Fsp3) is 0.667. The molecule has 0 radical (unpaired) electrons. The molecule has 1 fully saturated rings. The van der Waals surface area contributed by atoms with Crippen LogP contribution >= 0.6 is 0 Å². The lowest BCUT2D eigenvalue weighted by atomic mass is 9.96. The van der Waals surface area contributed by atoms with E-state index >= 15 is 0 Å². The van der Waals surface area contributed by atoms with E-state index in [4.69, 9.17) is 5.10 Å². The molecule has 6 heteroatoms. The van der Waals surface area contributed by atoms with E-state index in [0.29, 0.717) is 6.04 Å². The Morgan fingerprint density at radius 2 is 2.14 bits per heavy atom. The molecule has 1 saturated carbocycles. The van der Waals surface area contributed by atoms with Gasteiger partial charge in [-0.3, -0.25) is 4.68 Å². The van der Waals surface area contributed by atoms with Gasteiger partial charge in [-0.15, -0.1) is 10.2 Å². The molecule has 0 atom stereocenters. The molecule has 114 valence electrons. The summed E-state index contributed by atoms with van der Waals surface area (Å²) >= 11 is 0. The minimum absolute atomic E-state index is 0.617. The van der Waals surface area contributed by atoms with Crippen molar-refractivity contribution < 1.29 is 0 Å². The molecular weight excluding hydrogens is 264 g/mol. The molecule has 0 unspecified atom stereocenters. The summed E-state index contributed by atoms with van der Waals surface area (Å²) in [4.78, 5) is 0. The third-order valence-electron chi connectivity index (χ3n) is 4.25. The maximum atomic E-state index is 4.71.